The van der Waals surface area contributed by atoms with Gasteiger partial charge in [0, 0.05) is 24.5 Å². The number of nitrogens with one attached hydrogen (secondary N) is 1. The second-order valence-corrected chi connectivity index (χ2v) is 7.23. The van der Waals surface area contributed by atoms with Crippen molar-refractivity contribution >= 4 is 16.0 Å². The molecule has 142 valence electrons. The van der Waals surface area contributed by atoms with Crippen LogP contribution in [0, 0.1) is 18.8 Å². The van der Waals surface area contributed by atoms with Gasteiger partial charge in [0.1, 0.15) is 10.6 Å². The normalized spacial score (nSPS) is 10.7. The molecule has 0 saturated heterocycles. The van der Waals surface area contributed by atoms with Crippen molar-refractivity contribution in [2.24, 2.45) is 0 Å². The Morgan fingerprint density at radius 1 is 1.26 bits per heavy atom. The van der Waals surface area contributed by atoms with Gasteiger partial charge in [0.25, 0.3) is 0 Å². The summed E-state index contributed by atoms with van der Waals surface area (Å²) in [5, 5.41) is 17.5. The molecular weight excluding hydrogens is 372 g/mol. The number of aromatic nitrogens is 1. The number of benzene rings is 1. The number of carbonyl (C=O) groups is 1. The Bertz CT molecular complexity index is 992. The van der Waals surface area contributed by atoms with Crippen molar-refractivity contribution in [3.05, 3.63) is 53.3 Å². The number of aryl methyl sites for hydroxylation is 1. The highest BCUT2D eigenvalue weighted by Gasteiger charge is 2.13. The lowest BCUT2D eigenvalue weighted by Gasteiger charge is -2.07. The molecule has 1 aromatic heterocycles. The molecule has 1 heterocycles. The summed E-state index contributed by atoms with van der Waals surface area (Å²) < 4.78 is 31.6. The molecule has 3 N–H and O–H groups in total. The van der Waals surface area contributed by atoms with Crippen molar-refractivity contribution in [3.63, 3.8) is 0 Å². The minimum atomic E-state index is -3.79. The number of hydrogen-bond acceptors (Lipinski definition) is 6. The topological polar surface area (TPSA) is 126 Å². The molecule has 0 aliphatic rings. The minimum absolute atomic E-state index is 0.0747. The van der Waals surface area contributed by atoms with Crippen LogP contribution in [0.3, 0.4) is 0 Å². The largest absolute Gasteiger partial charge is 0.481 e. The zero-order chi connectivity index (χ0) is 19.9. The monoisotopic (exact) mass is 390 g/mol. The molecule has 0 atom stereocenters. The first kappa shape index (κ1) is 20.4. The lowest BCUT2D eigenvalue weighted by molar-refractivity contribution is -0.139. The van der Waals surface area contributed by atoms with Crippen LogP contribution in [0.1, 0.15) is 16.7 Å². The van der Waals surface area contributed by atoms with Gasteiger partial charge in [-0.1, -0.05) is 17.9 Å². The van der Waals surface area contributed by atoms with Crippen LogP contribution in [0.15, 0.2) is 41.6 Å². The molecule has 0 unspecified atom stereocenters. The number of hydrogen-bond donors (Lipinski definition) is 3. The summed E-state index contributed by atoms with van der Waals surface area (Å²) in [6, 6.07) is 6.48. The molecular formula is C18H18N2O6S. The van der Waals surface area contributed by atoms with E-state index in [9.17, 15) is 13.2 Å². The summed E-state index contributed by atoms with van der Waals surface area (Å²) in [6.45, 7) is 0.932. The van der Waals surface area contributed by atoms with Gasteiger partial charge in [-0.05, 0) is 30.7 Å². The van der Waals surface area contributed by atoms with E-state index in [-0.39, 0.29) is 18.0 Å². The van der Waals surface area contributed by atoms with Gasteiger partial charge >= 0.3 is 5.97 Å². The molecule has 9 heteroatoms. The number of aliphatic hydroxyl groups is 1. The van der Waals surface area contributed by atoms with E-state index in [1.165, 1.54) is 18.5 Å². The average molecular weight is 390 g/mol. The van der Waals surface area contributed by atoms with Crippen LogP contribution >= 0.6 is 0 Å². The number of sulfonamides is 1. The number of rotatable bonds is 7. The van der Waals surface area contributed by atoms with Gasteiger partial charge in [0.15, 0.2) is 6.61 Å². The Hall–Kier alpha value is -2.93. The third-order valence-electron chi connectivity index (χ3n) is 3.26. The standard InChI is InChI=1S/C18H18N2O6S/c1-13-2-5-17(26-12-18(22)23)15(8-13)4-3-14-9-16(11-19-10-14)27(24,25)20-6-7-21/h2,5,8-11,20-21H,6-7,12H2,1H3,(H,22,23). The predicted octanol–water partition coefficient (Wildman–Crippen LogP) is 0.524. The molecule has 0 aliphatic heterocycles. The van der Waals surface area contributed by atoms with E-state index in [1.54, 1.807) is 18.2 Å². The van der Waals surface area contributed by atoms with Crippen molar-refractivity contribution in [3.8, 4) is 17.6 Å². The van der Waals surface area contributed by atoms with Crippen molar-refractivity contribution < 1.29 is 28.2 Å². The number of ether oxygens (including phenoxy) is 1. The van der Waals surface area contributed by atoms with Crippen molar-refractivity contribution in [2.75, 3.05) is 19.8 Å². The number of nitrogens with zero attached hydrogens (tertiary/aromatic N) is 1. The van der Waals surface area contributed by atoms with Crippen LogP contribution in [0.4, 0.5) is 0 Å². The maximum absolute atomic E-state index is 12.1. The van der Waals surface area contributed by atoms with E-state index in [0.29, 0.717) is 16.9 Å². The lowest BCUT2D eigenvalue weighted by Crippen LogP contribution is -2.26. The van der Waals surface area contributed by atoms with Crippen LogP contribution in [0.2, 0.25) is 0 Å². The molecule has 0 bridgehead atoms. The van der Waals surface area contributed by atoms with E-state index in [0.717, 1.165) is 5.56 Å². The van der Waals surface area contributed by atoms with Crippen molar-refractivity contribution in [2.45, 2.75) is 11.8 Å². The fourth-order valence-electron chi connectivity index (χ4n) is 2.04. The highest BCUT2D eigenvalue weighted by Crippen LogP contribution is 2.19. The van der Waals surface area contributed by atoms with Crippen LogP contribution in [0.5, 0.6) is 5.75 Å². The number of pyridine rings is 1. The second-order valence-electron chi connectivity index (χ2n) is 5.46. The molecule has 2 rings (SSSR count). The number of carboxylic acid groups (broad SMARTS) is 1. The Morgan fingerprint density at radius 2 is 2.04 bits per heavy atom. The van der Waals surface area contributed by atoms with Crippen LogP contribution in [-0.4, -0.2) is 49.3 Å². The molecule has 27 heavy (non-hydrogen) atoms. The molecule has 0 aliphatic carbocycles. The Kier molecular flexibility index (Phi) is 6.90. The third kappa shape index (κ3) is 6.07. The van der Waals surface area contributed by atoms with Gasteiger partial charge in [-0.15, -0.1) is 0 Å². The number of carboxylic acids is 1. The molecule has 0 fully saturated rings. The zero-order valence-electron chi connectivity index (χ0n) is 14.5. The van der Waals surface area contributed by atoms with Crippen LogP contribution in [-0.2, 0) is 14.8 Å². The van der Waals surface area contributed by atoms with Crippen molar-refractivity contribution in [1.29, 1.82) is 0 Å². The summed E-state index contributed by atoms with van der Waals surface area (Å²) in [5.74, 6) is 4.87. The van der Waals surface area contributed by atoms with Gasteiger partial charge in [-0.3, -0.25) is 4.98 Å². The summed E-state index contributed by atoms with van der Waals surface area (Å²) in [4.78, 5) is 14.5. The fourth-order valence-corrected chi connectivity index (χ4v) is 3.05. The van der Waals surface area contributed by atoms with E-state index in [4.69, 9.17) is 14.9 Å². The number of aliphatic carboxylic acids is 1. The predicted molar refractivity (Wildman–Crippen MR) is 96.8 cm³/mol. The lowest BCUT2D eigenvalue weighted by atomic mass is 10.1. The summed E-state index contributed by atoms with van der Waals surface area (Å²) >= 11 is 0. The SMILES string of the molecule is Cc1ccc(OCC(=O)O)c(C#Cc2cncc(S(=O)(=O)NCCO)c2)c1. The third-order valence-corrected chi connectivity index (χ3v) is 4.68. The molecule has 0 radical (unpaired) electrons. The average Bonchev–Trinajstić information content (AvgIpc) is 2.64. The van der Waals surface area contributed by atoms with E-state index in [2.05, 4.69) is 21.5 Å². The first-order valence-corrected chi connectivity index (χ1v) is 9.33. The highest BCUT2D eigenvalue weighted by atomic mass is 32.2. The number of aliphatic hydroxyl groups excluding tert-OH is 1. The maximum Gasteiger partial charge on any atom is 0.341 e. The van der Waals surface area contributed by atoms with Gasteiger partial charge < -0.3 is 14.9 Å². The summed E-state index contributed by atoms with van der Waals surface area (Å²) in [6.07, 6.45) is 2.59. The zero-order valence-corrected chi connectivity index (χ0v) is 15.3. The van der Waals surface area contributed by atoms with Crippen LogP contribution < -0.4 is 9.46 Å². The van der Waals surface area contributed by atoms with E-state index >= 15 is 0 Å². The first-order valence-electron chi connectivity index (χ1n) is 7.84. The molecule has 0 saturated carbocycles. The maximum atomic E-state index is 12.1. The van der Waals surface area contributed by atoms with E-state index < -0.39 is 22.6 Å². The van der Waals surface area contributed by atoms with Gasteiger partial charge in [-0.2, -0.15) is 0 Å². The van der Waals surface area contributed by atoms with Gasteiger partial charge in [-0.25, -0.2) is 17.9 Å². The van der Waals surface area contributed by atoms with E-state index in [1.807, 2.05) is 6.92 Å². The Balaban J connectivity index is 2.32. The van der Waals surface area contributed by atoms with Gasteiger partial charge in [0.05, 0.1) is 12.2 Å². The molecule has 8 nitrogen and oxygen atoms in total. The smallest absolute Gasteiger partial charge is 0.341 e. The minimum Gasteiger partial charge on any atom is -0.481 e. The Labute approximate surface area is 156 Å². The summed E-state index contributed by atoms with van der Waals surface area (Å²) in [7, 11) is -3.79. The van der Waals surface area contributed by atoms with Crippen LogP contribution in [0.25, 0.3) is 0 Å². The molecule has 0 amide bonds. The summed E-state index contributed by atoms with van der Waals surface area (Å²) in [5.41, 5.74) is 1.74. The molecule has 2 aromatic rings. The first-order chi connectivity index (χ1) is 12.8. The fraction of sp³-hybridized carbons (Fsp3) is 0.222. The molecule has 0 spiro atoms. The highest BCUT2D eigenvalue weighted by molar-refractivity contribution is 7.89. The van der Waals surface area contributed by atoms with Crippen molar-refractivity contribution in [1.82, 2.24) is 9.71 Å². The van der Waals surface area contributed by atoms with Gasteiger partial charge in [0.2, 0.25) is 10.0 Å². The second kappa shape index (κ2) is 9.14. The Morgan fingerprint density at radius 3 is 2.74 bits per heavy atom. The molecule has 1 aromatic carbocycles. The quantitative estimate of drug-likeness (QED) is 0.589.